The van der Waals surface area contributed by atoms with Crippen molar-refractivity contribution in [3.05, 3.63) is 54.4 Å². The van der Waals surface area contributed by atoms with Crippen LogP contribution in [0.2, 0.25) is 0 Å². The topological polar surface area (TPSA) is 74.8 Å². The van der Waals surface area contributed by atoms with Gasteiger partial charge < -0.3 is 14.6 Å². The third-order valence-electron chi connectivity index (χ3n) is 2.90. The van der Waals surface area contributed by atoms with Crippen LogP contribution in [0.15, 0.2) is 48.8 Å². The maximum Gasteiger partial charge on any atom is 0.336 e. The maximum absolute atomic E-state index is 11.2. The minimum Gasteiger partial charge on any atom is -0.504 e. The Labute approximate surface area is 108 Å². The first-order valence-corrected chi connectivity index (χ1v) is 5.66. The van der Waals surface area contributed by atoms with E-state index in [2.05, 4.69) is 4.98 Å². The van der Waals surface area contributed by atoms with Crippen LogP contribution in [0.3, 0.4) is 0 Å². The molecule has 1 aromatic carbocycles. The van der Waals surface area contributed by atoms with Crippen LogP contribution in [0.1, 0.15) is 10.4 Å². The normalized spacial score (nSPS) is 10.7. The molecule has 2 heterocycles. The summed E-state index contributed by atoms with van der Waals surface area (Å²) < 4.78 is 1.66. The quantitative estimate of drug-likeness (QED) is 0.736. The van der Waals surface area contributed by atoms with Crippen LogP contribution >= 0.6 is 0 Å². The van der Waals surface area contributed by atoms with E-state index in [1.807, 2.05) is 0 Å². The van der Waals surface area contributed by atoms with E-state index in [-0.39, 0.29) is 11.3 Å². The lowest BCUT2D eigenvalue weighted by Crippen LogP contribution is -1.98. The van der Waals surface area contributed by atoms with E-state index >= 15 is 0 Å². The number of carbonyl (C=O) groups is 1. The van der Waals surface area contributed by atoms with Gasteiger partial charge in [-0.2, -0.15) is 0 Å². The van der Waals surface area contributed by atoms with Crippen molar-refractivity contribution >= 4 is 11.6 Å². The Kier molecular flexibility index (Phi) is 2.45. The summed E-state index contributed by atoms with van der Waals surface area (Å²) in [4.78, 5) is 15.5. The molecule has 0 aliphatic carbocycles. The molecule has 5 heteroatoms. The van der Waals surface area contributed by atoms with Crippen LogP contribution < -0.4 is 0 Å². The summed E-state index contributed by atoms with van der Waals surface area (Å²) in [5, 5.41) is 18.9. The number of carboxylic acid groups (broad SMARTS) is 1. The number of benzene rings is 1. The molecule has 0 fully saturated rings. The number of hydrogen-bond acceptors (Lipinski definition) is 3. The first-order chi connectivity index (χ1) is 9.16. The number of aromatic hydroxyl groups is 1. The lowest BCUT2D eigenvalue weighted by atomic mass is 10.1. The average molecular weight is 254 g/mol. The van der Waals surface area contributed by atoms with Gasteiger partial charge in [0.2, 0.25) is 0 Å². The molecule has 0 spiro atoms. The van der Waals surface area contributed by atoms with E-state index in [4.69, 9.17) is 0 Å². The number of aromatic nitrogens is 2. The number of aromatic carboxylic acids is 1. The van der Waals surface area contributed by atoms with Crippen LogP contribution in [0.25, 0.3) is 16.9 Å². The van der Waals surface area contributed by atoms with Gasteiger partial charge >= 0.3 is 5.97 Å². The van der Waals surface area contributed by atoms with Crippen LogP contribution in [-0.2, 0) is 0 Å². The highest BCUT2D eigenvalue weighted by Crippen LogP contribution is 2.26. The maximum atomic E-state index is 11.2. The Morgan fingerprint density at radius 1 is 1.16 bits per heavy atom. The molecule has 0 unspecified atom stereocenters. The Bertz CT molecular complexity index is 777. The highest BCUT2D eigenvalue weighted by molar-refractivity contribution is 5.95. The zero-order valence-electron chi connectivity index (χ0n) is 9.82. The van der Waals surface area contributed by atoms with Crippen LogP contribution in [0.4, 0.5) is 0 Å². The van der Waals surface area contributed by atoms with Crippen molar-refractivity contribution in [3.8, 4) is 17.0 Å². The van der Waals surface area contributed by atoms with Gasteiger partial charge in [-0.1, -0.05) is 18.2 Å². The lowest BCUT2D eigenvalue weighted by Gasteiger charge is -2.01. The molecule has 0 bridgehead atoms. The highest BCUT2D eigenvalue weighted by atomic mass is 16.4. The fourth-order valence-corrected chi connectivity index (χ4v) is 2.02. The number of rotatable bonds is 2. The molecule has 0 atom stereocenters. The second-order valence-electron chi connectivity index (χ2n) is 4.10. The Morgan fingerprint density at radius 2 is 1.95 bits per heavy atom. The molecule has 0 saturated carbocycles. The van der Waals surface area contributed by atoms with Gasteiger partial charge in [-0.25, -0.2) is 9.78 Å². The van der Waals surface area contributed by atoms with E-state index in [0.717, 1.165) is 0 Å². The number of nitrogens with zero attached hydrogens (tertiary/aromatic N) is 2. The van der Waals surface area contributed by atoms with Gasteiger partial charge in [0, 0.05) is 18.0 Å². The highest BCUT2D eigenvalue weighted by Gasteiger charge is 2.14. The van der Waals surface area contributed by atoms with Crippen LogP contribution in [0, 0.1) is 0 Å². The van der Waals surface area contributed by atoms with Crippen LogP contribution in [0.5, 0.6) is 5.75 Å². The fourth-order valence-electron chi connectivity index (χ4n) is 2.02. The molecule has 0 amide bonds. The van der Waals surface area contributed by atoms with Gasteiger partial charge in [-0.15, -0.1) is 0 Å². The summed E-state index contributed by atoms with van der Waals surface area (Å²) in [6.45, 7) is 0. The third kappa shape index (κ3) is 1.81. The van der Waals surface area contributed by atoms with Crippen molar-refractivity contribution in [2.75, 3.05) is 0 Å². The van der Waals surface area contributed by atoms with E-state index in [9.17, 15) is 15.0 Å². The van der Waals surface area contributed by atoms with Crippen molar-refractivity contribution in [1.82, 2.24) is 9.38 Å². The second kappa shape index (κ2) is 4.13. The standard InChI is InChI=1S/C14H10N2O3/c17-12-6-3-7-16-8-11(15-13(12)16)9-4-1-2-5-10(9)14(18)19/h1-8,17H,(H,18,19). The number of imidazole rings is 1. The molecule has 0 aliphatic heterocycles. The summed E-state index contributed by atoms with van der Waals surface area (Å²) in [5.41, 5.74) is 1.63. The third-order valence-corrected chi connectivity index (χ3v) is 2.90. The van der Waals surface area contributed by atoms with Gasteiger partial charge in [0.1, 0.15) is 0 Å². The minimum absolute atomic E-state index is 0.0570. The van der Waals surface area contributed by atoms with E-state index in [1.165, 1.54) is 12.1 Å². The molecular formula is C14H10N2O3. The van der Waals surface area contributed by atoms with E-state index < -0.39 is 5.97 Å². The lowest BCUT2D eigenvalue weighted by molar-refractivity contribution is 0.0697. The molecule has 0 saturated heterocycles. The largest absolute Gasteiger partial charge is 0.504 e. The Hall–Kier alpha value is -2.82. The SMILES string of the molecule is O=C(O)c1ccccc1-c1cn2cccc(O)c2n1. The second-order valence-corrected chi connectivity index (χ2v) is 4.10. The Morgan fingerprint density at radius 3 is 2.68 bits per heavy atom. The zero-order chi connectivity index (χ0) is 13.4. The van der Waals surface area contributed by atoms with E-state index in [1.54, 1.807) is 41.1 Å². The summed E-state index contributed by atoms with van der Waals surface area (Å²) >= 11 is 0. The Balaban J connectivity index is 2.25. The molecule has 94 valence electrons. The van der Waals surface area contributed by atoms with Crippen molar-refractivity contribution in [1.29, 1.82) is 0 Å². The number of fused-ring (bicyclic) bond motifs is 1. The molecule has 2 aromatic heterocycles. The number of carboxylic acids is 1. The van der Waals surface area contributed by atoms with Gasteiger partial charge in [-0.05, 0) is 18.2 Å². The van der Waals surface area contributed by atoms with Gasteiger partial charge in [0.15, 0.2) is 11.4 Å². The minimum atomic E-state index is -1.00. The first kappa shape index (κ1) is 11.3. The summed E-state index contributed by atoms with van der Waals surface area (Å²) in [5.74, 6) is -0.946. The fraction of sp³-hybridized carbons (Fsp3) is 0. The van der Waals surface area contributed by atoms with Gasteiger partial charge in [0.05, 0.1) is 11.3 Å². The van der Waals surface area contributed by atoms with Crippen molar-refractivity contribution in [2.24, 2.45) is 0 Å². The summed E-state index contributed by atoms with van der Waals surface area (Å²) in [7, 11) is 0. The summed E-state index contributed by atoms with van der Waals surface area (Å²) in [6, 6.07) is 9.88. The molecule has 19 heavy (non-hydrogen) atoms. The molecule has 0 aliphatic rings. The van der Waals surface area contributed by atoms with Gasteiger partial charge in [-0.3, -0.25) is 0 Å². The van der Waals surface area contributed by atoms with Gasteiger partial charge in [0.25, 0.3) is 0 Å². The molecule has 3 aromatic rings. The average Bonchev–Trinajstić information content (AvgIpc) is 2.84. The molecule has 2 N–H and O–H groups in total. The van der Waals surface area contributed by atoms with E-state index in [0.29, 0.717) is 16.9 Å². The van der Waals surface area contributed by atoms with Crippen molar-refractivity contribution in [3.63, 3.8) is 0 Å². The zero-order valence-corrected chi connectivity index (χ0v) is 9.82. The van der Waals surface area contributed by atoms with Crippen molar-refractivity contribution in [2.45, 2.75) is 0 Å². The summed E-state index contributed by atoms with van der Waals surface area (Å²) in [6.07, 6.45) is 3.44. The molecular weight excluding hydrogens is 244 g/mol. The predicted octanol–water partition coefficient (Wildman–Crippen LogP) is 2.41. The molecule has 0 radical (unpaired) electrons. The van der Waals surface area contributed by atoms with Crippen molar-refractivity contribution < 1.29 is 15.0 Å². The monoisotopic (exact) mass is 254 g/mol. The first-order valence-electron chi connectivity index (χ1n) is 5.66. The smallest absolute Gasteiger partial charge is 0.336 e. The predicted molar refractivity (Wildman–Crippen MR) is 69.3 cm³/mol. The number of hydrogen-bond donors (Lipinski definition) is 2. The molecule has 5 nitrogen and oxygen atoms in total. The van der Waals surface area contributed by atoms with Crippen LogP contribution in [-0.4, -0.2) is 25.6 Å². The number of pyridine rings is 1. The molecule has 3 rings (SSSR count).